The van der Waals surface area contributed by atoms with Crippen molar-refractivity contribution in [1.29, 1.82) is 0 Å². The third kappa shape index (κ3) is 3.21. The minimum absolute atomic E-state index is 0.110. The van der Waals surface area contributed by atoms with E-state index in [1.165, 1.54) is 22.7 Å². The lowest BCUT2D eigenvalue weighted by atomic mass is 10.2. The predicted octanol–water partition coefficient (Wildman–Crippen LogP) is 3.88. The molecule has 0 amide bonds. The minimum atomic E-state index is -0.517. The first-order valence-electron chi connectivity index (χ1n) is 5.71. The molecule has 7 heteroatoms. The van der Waals surface area contributed by atoms with Crippen LogP contribution in [0, 0.1) is 10.1 Å². The Hall–Kier alpha value is -1.66. The molecule has 0 aliphatic carbocycles. The van der Waals surface area contributed by atoms with Crippen molar-refractivity contribution >= 4 is 34.4 Å². The zero-order valence-electron chi connectivity index (χ0n) is 10.2. The second kappa shape index (κ2) is 5.99. The first kappa shape index (κ1) is 13.8. The standard InChI is InChI=1S/C12H12ClN3O2S/c1-2-8-3-4-19-11(8)7-15-12-10(13)5-9(6-14-12)16(17)18/h3-6H,2,7H2,1H3,(H,14,15). The van der Waals surface area contributed by atoms with Gasteiger partial charge in [-0.3, -0.25) is 10.1 Å². The first-order valence-corrected chi connectivity index (χ1v) is 6.96. The quantitative estimate of drug-likeness (QED) is 0.672. The van der Waals surface area contributed by atoms with Crippen LogP contribution < -0.4 is 5.32 Å². The summed E-state index contributed by atoms with van der Waals surface area (Å²) in [5, 5.41) is 16.0. The second-order valence-corrected chi connectivity index (χ2v) is 5.27. The molecule has 0 radical (unpaired) electrons. The molecule has 5 nitrogen and oxygen atoms in total. The van der Waals surface area contributed by atoms with E-state index in [0.717, 1.165) is 6.42 Å². The van der Waals surface area contributed by atoms with Gasteiger partial charge in [-0.15, -0.1) is 11.3 Å². The molecule has 0 atom stereocenters. The normalized spacial score (nSPS) is 10.4. The Labute approximate surface area is 119 Å². The van der Waals surface area contributed by atoms with Gasteiger partial charge in [0.05, 0.1) is 16.5 Å². The van der Waals surface area contributed by atoms with Crippen LogP contribution in [0.3, 0.4) is 0 Å². The molecule has 0 spiro atoms. The third-order valence-corrected chi connectivity index (χ3v) is 3.92. The minimum Gasteiger partial charge on any atom is -0.364 e. The number of nitrogens with zero attached hydrogens (tertiary/aromatic N) is 2. The Morgan fingerprint density at radius 2 is 2.37 bits per heavy atom. The zero-order chi connectivity index (χ0) is 13.8. The van der Waals surface area contributed by atoms with E-state index in [-0.39, 0.29) is 10.7 Å². The fraction of sp³-hybridized carbons (Fsp3) is 0.250. The first-order chi connectivity index (χ1) is 9.11. The number of rotatable bonds is 5. The number of nitro groups is 1. The van der Waals surface area contributed by atoms with Gasteiger partial charge in [-0.1, -0.05) is 18.5 Å². The largest absolute Gasteiger partial charge is 0.364 e. The number of aromatic nitrogens is 1. The van der Waals surface area contributed by atoms with Crippen molar-refractivity contribution in [3.63, 3.8) is 0 Å². The maximum Gasteiger partial charge on any atom is 0.289 e. The Bertz CT molecular complexity index is 600. The topological polar surface area (TPSA) is 68.1 Å². The molecule has 100 valence electrons. The molecule has 0 fully saturated rings. The van der Waals surface area contributed by atoms with Crippen LogP contribution in [0.2, 0.25) is 5.02 Å². The number of pyridine rings is 1. The highest BCUT2D eigenvalue weighted by Gasteiger charge is 2.11. The van der Waals surface area contributed by atoms with Gasteiger partial charge >= 0.3 is 0 Å². The third-order valence-electron chi connectivity index (χ3n) is 2.67. The van der Waals surface area contributed by atoms with Crippen molar-refractivity contribution in [2.45, 2.75) is 19.9 Å². The highest BCUT2D eigenvalue weighted by atomic mass is 35.5. The number of thiophene rings is 1. The highest BCUT2D eigenvalue weighted by molar-refractivity contribution is 7.10. The summed E-state index contributed by atoms with van der Waals surface area (Å²) in [5.74, 6) is 0.461. The molecule has 0 saturated carbocycles. The fourth-order valence-corrected chi connectivity index (χ4v) is 2.80. The van der Waals surface area contributed by atoms with E-state index in [2.05, 4.69) is 23.3 Å². The van der Waals surface area contributed by atoms with Gasteiger partial charge in [0.1, 0.15) is 12.0 Å². The average Bonchev–Trinajstić information content (AvgIpc) is 2.84. The molecule has 1 N–H and O–H groups in total. The molecule has 0 bridgehead atoms. The van der Waals surface area contributed by atoms with Crippen LogP contribution in [-0.2, 0) is 13.0 Å². The molecule has 0 unspecified atom stereocenters. The van der Waals surface area contributed by atoms with Gasteiger partial charge in [-0.2, -0.15) is 0 Å². The Kier molecular flexibility index (Phi) is 4.34. The van der Waals surface area contributed by atoms with Crippen LogP contribution in [0.15, 0.2) is 23.7 Å². The van der Waals surface area contributed by atoms with E-state index in [1.54, 1.807) is 11.3 Å². The summed E-state index contributed by atoms with van der Waals surface area (Å²) in [6, 6.07) is 3.39. The lowest BCUT2D eigenvalue weighted by Crippen LogP contribution is -2.02. The molecule has 2 aromatic rings. The molecule has 2 rings (SSSR count). The summed E-state index contributed by atoms with van der Waals surface area (Å²) in [7, 11) is 0. The van der Waals surface area contributed by atoms with E-state index in [1.807, 2.05) is 5.38 Å². The molecule has 0 aliphatic heterocycles. The Balaban J connectivity index is 2.10. The van der Waals surface area contributed by atoms with Gasteiger partial charge in [0, 0.05) is 10.9 Å². The van der Waals surface area contributed by atoms with Crippen LogP contribution in [0.25, 0.3) is 0 Å². The summed E-state index contributed by atoms with van der Waals surface area (Å²) in [5.41, 5.74) is 1.18. The maximum absolute atomic E-state index is 10.6. The van der Waals surface area contributed by atoms with Crippen LogP contribution >= 0.6 is 22.9 Å². The van der Waals surface area contributed by atoms with Crippen molar-refractivity contribution in [2.24, 2.45) is 0 Å². The van der Waals surface area contributed by atoms with Crippen LogP contribution in [0.4, 0.5) is 11.5 Å². The number of nitrogens with one attached hydrogen (secondary N) is 1. The number of anilines is 1. The van der Waals surface area contributed by atoms with Gasteiger partial charge in [-0.05, 0) is 23.4 Å². The van der Waals surface area contributed by atoms with Gasteiger partial charge in [0.15, 0.2) is 0 Å². The fourth-order valence-electron chi connectivity index (χ4n) is 1.66. The molecule has 0 saturated heterocycles. The molecule has 19 heavy (non-hydrogen) atoms. The van der Waals surface area contributed by atoms with Crippen LogP contribution in [-0.4, -0.2) is 9.91 Å². The second-order valence-electron chi connectivity index (χ2n) is 3.86. The summed E-state index contributed by atoms with van der Waals surface area (Å²) < 4.78 is 0. The van der Waals surface area contributed by atoms with Crippen molar-refractivity contribution in [2.75, 3.05) is 5.32 Å². The lowest BCUT2D eigenvalue weighted by molar-refractivity contribution is -0.385. The average molecular weight is 298 g/mol. The summed E-state index contributed by atoms with van der Waals surface area (Å²) in [4.78, 5) is 15.3. The van der Waals surface area contributed by atoms with Gasteiger partial charge < -0.3 is 5.32 Å². The summed E-state index contributed by atoms with van der Waals surface area (Å²) in [6.45, 7) is 2.72. The summed E-state index contributed by atoms with van der Waals surface area (Å²) in [6.07, 6.45) is 2.17. The number of hydrogen-bond acceptors (Lipinski definition) is 5. The highest BCUT2D eigenvalue weighted by Crippen LogP contribution is 2.25. The van der Waals surface area contributed by atoms with Gasteiger partial charge in [0.2, 0.25) is 0 Å². The van der Waals surface area contributed by atoms with E-state index < -0.39 is 4.92 Å². The Morgan fingerprint density at radius 3 is 3.00 bits per heavy atom. The van der Waals surface area contributed by atoms with Crippen LogP contribution in [0.5, 0.6) is 0 Å². The molecular weight excluding hydrogens is 286 g/mol. The van der Waals surface area contributed by atoms with Crippen molar-refractivity contribution in [3.8, 4) is 0 Å². The zero-order valence-corrected chi connectivity index (χ0v) is 11.8. The Morgan fingerprint density at radius 1 is 1.58 bits per heavy atom. The van der Waals surface area contributed by atoms with Gasteiger partial charge in [-0.25, -0.2) is 4.98 Å². The van der Waals surface area contributed by atoms with E-state index in [4.69, 9.17) is 11.6 Å². The van der Waals surface area contributed by atoms with E-state index >= 15 is 0 Å². The van der Waals surface area contributed by atoms with Crippen molar-refractivity contribution in [3.05, 3.63) is 49.3 Å². The van der Waals surface area contributed by atoms with E-state index in [0.29, 0.717) is 12.4 Å². The molecule has 2 heterocycles. The predicted molar refractivity (Wildman–Crippen MR) is 76.9 cm³/mol. The number of halogens is 1. The smallest absolute Gasteiger partial charge is 0.289 e. The molecule has 2 aromatic heterocycles. The molecule has 0 aliphatic rings. The van der Waals surface area contributed by atoms with Crippen LogP contribution in [0.1, 0.15) is 17.4 Å². The summed E-state index contributed by atoms with van der Waals surface area (Å²) >= 11 is 7.63. The molecule has 0 aromatic carbocycles. The molecular formula is C12H12ClN3O2S. The number of aryl methyl sites for hydroxylation is 1. The van der Waals surface area contributed by atoms with Gasteiger partial charge in [0.25, 0.3) is 5.69 Å². The van der Waals surface area contributed by atoms with Crippen molar-refractivity contribution < 1.29 is 4.92 Å². The SMILES string of the molecule is CCc1ccsc1CNc1ncc([N+](=O)[O-])cc1Cl. The maximum atomic E-state index is 10.6. The monoisotopic (exact) mass is 297 g/mol. The van der Waals surface area contributed by atoms with Crippen molar-refractivity contribution in [1.82, 2.24) is 4.98 Å². The lowest BCUT2D eigenvalue weighted by Gasteiger charge is -2.07. The van der Waals surface area contributed by atoms with E-state index in [9.17, 15) is 10.1 Å². The number of hydrogen-bond donors (Lipinski definition) is 1.